The van der Waals surface area contributed by atoms with E-state index in [9.17, 15) is 9.90 Å². The maximum Gasteiger partial charge on any atom is 0.280 e. The molecule has 0 radical (unpaired) electrons. The quantitative estimate of drug-likeness (QED) is 0.430. The number of halogens is 1. The van der Waals surface area contributed by atoms with Crippen LogP contribution < -0.4 is 5.01 Å². The summed E-state index contributed by atoms with van der Waals surface area (Å²) < 4.78 is 0. The Morgan fingerprint density at radius 3 is 2.34 bits per heavy atom. The molecule has 0 aliphatic carbocycles. The van der Waals surface area contributed by atoms with Crippen molar-refractivity contribution in [1.82, 2.24) is 0 Å². The first-order valence-electron chi connectivity index (χ1n) is 8.96. The second kappa shape index (κ2) is 8.55. The fourth-order valence-corrected chi connectivity index (χ4v) is 3.84. The molecule has 3 aromatic carbocycles. The lowest BCUT2D eigenvalue weighted by molar-refractivity contribution is -0.114. The first kappa shape index (κ1) is 19.3. The minimum absolute atomic E-state index is 0.170. The van der Waals surface area contributed by atoms with Gasteiger partial charge in [-0.25, -0.2) is 0 Å². The molecule has 1 aliphatic heterocycles. The minimum Gasteiger partial charge on any atom is -0.508 e. The van der Waals surface area contributed by atoms with Gasteiger partial charge in [0.05, 0.1) is 17.0 Å². The predicted molar refractivity (Wildman–Crippen MR) is 120 cm³/mol. The number of amides is 1. The van der Waals surface area contributed by atoms with Gasteiger partial charge < -0.3 is 5.11 Å². The van der Waals surface area contributed by atoms with Crippen molar-refractivity contribution >= 4 is 46.7 Å². The van der Waals surface area contributed by atoms with E-state index >= 15 is 0 Å². The largest absolute Gasteiger partial charge is 0.508 e. The molecule has 0 bridgehead atoms. The van der Waals surface area contributed by atoms with Gasteiger partial charge in [0.2, 0.25) is 0 Å². The van der Waals surface area contributed by atoms with Crippen LogP contribution in [0, 0.1) is 0 Å². The average molecular weight is 421 g/mol. The van der Waals surface area contributed by atoms with Crippen LogP contribution in [0.4, 0.5) is 5.69 Å². The van der Waals surface area contributed by atoms with Crippen molar-refractivity contribution < 1.29 is 9.90 Å². The fraction of sp³-hybridized carbons (Fsp3) is 0.0435. The maximum atomic E-state index is 13.1. The molecule has 0 fully saturated rings. The molecule has 4 nitrogen and oxygen atoms in total. The number of benzene rings is 3. The van der Waals surface area contributed by atoms with Gasteiger partial charge in [-0.3, -0.25) is 4.79 Å². The molecule has 4 rings (SSSR count). The number of para-hydroxylation sites is 1. The van der Waals surface area contributed by atoms with E-state index in [-0.39, 0.29) is 11.7 Å². The van der Waals surface area contributed by atoms with Gasteiger partial charge in [-0.2, -0.15) is 10.1 Å². The van der Waals surface area contributed by atoms with Crippen LogP contribution in [-0.2, 0) is 4.79 Å². The fourth-order valence-electron chi connectivity index (χ4n) is 2.87. The Bertz CT molecular complexity index is 1080. The Labute approximate surface area is 178 Å². The highest BCUT2D eigenvalue weighted by molar-refractivity contribution is 8.00. The van der Waals surface area contributed by atoms with Crippen molar-refractivity contribution in [2.75, 3.05) is 10.8 Å². The van der Waals surface area contributed by atoms with E-state index in [0.29, 0.717) is 22.1 Å². The third-order valence-corrected chi connectivity index (χ3v) is 5.62. The molecule has 1 heterocycles. The number of carbonyl (C=O) groups excluding carboxylic acids is 1. The number of hydrazone groups is 1. The minimum atomic E-state index is -0.170. The molecular weight excluding hydrogens is 404 g/mol. The number of phenolic OH excluding ortho intramolecular Hbond substituents is 1. The first-order chi connectivity index (χ1) is 14.1. The molecular formula is C23H17ClN2O2S. The Balaban J connectivity index is 1.65. The number of phenols is 1. The smallest absolute Gasteiger partial charge is 0.280 e. The van der Waals surface area contributed by atoms with Crippen molar-refractivity contribution in [2.45, 2.75) is 4.90 Å². The molecule has 1 N–H and O–H groups in total. The van der Waals surface area contributed by atoms with E-state index < -0.39 is 0 Å². The van der Waals surface area contributed by atoms with Crippen LogP contribution in [0.5, 0.6) is 5.75 Å². The normalized spacial score (nSPS) is 15.1. The Morgan fingerprint density at radius 1 is 0.966 bits per heavy atom. The number of rotatable bonds is 5. The van der Waals surface area contributed by atoms with Gasteiger partial charge in [0, 0.05) is 15.7 Å². The van der Waals surface area contributed by atoms with Crippen molar-refractivity contribution in [2.24, 2.45) is 5.10 Å². The molecule has 0 unspecified atom stereocenters. The lowest BCUT2D eigenvalue weighted by Crippen LogP contribution is -2.21. The number of anilines is 1. The van der Waals surface area contributed by atoms with E-state index in [4.69, 9.17) is 11.6 Å². The third kappa shape index (κ3) is 4.53. The molecule has 3 aromatic rings. The van der Waals surface area contributed by atoms with Crippen LogP contribution in [0.1, 0.15) is 5.56 Å². The zero-order valence-electron chi connectivity index (χ0n) is 15.3. The molecule has 0 atom stereocenters. The molecule has 0 saturated heterocycles. The topological polar surface area (TPSA) is 52.9 Å². The first-order valence-corrected chi connectivity index (χ1v) is 10.3. The molecule has 6 heteroatoms. The van der Waals surface area contributed by atoms with E-state index in [2.05, 4.69) is 5.10 Å². The molecule has 1 amide bonds. The monoisotopic (exact) mass is 420 g/mol. The summed E-state index contributed by atoms with van der Waals surface area (Å²) in [5.41, 5.74) is 2.79. The van der Waals surface area contributed by atoms with Crippen LogP contribution in [-0.4, -0.2) is 22.5 Å². The van der Waals surface area contributed by atoms with Crippen LogP contribution in [0.2, 0.25) is 5.02 Å². The van der Waals surface area contributed by atoms with Gasteiger partial charge in [0.15, 0.2) is 0 Å². The van der Waals surface area contributed by atoms with Crippen LogP contribution in [0.3, 0.4) is 0 Å². The second-order valence-corrected chi connectivity index (χ2v) is 7.88. The number of carbonyl (C=O) groups is 1. The maximum absolute atomic E-state index is 13.1. The lowest BCUT2D eigenvalue weighted by Gasteiger charge is -2.10. The molecule has 0 spiro atoms. The molecule has 29 heavy (non-hydrogen) atoms. The van der Waals surface area contributed by atoms with Gasteiger partial charge >= 0.3 is 0 Å². The summed E-state index contributed by atoms with van der Waals surface area (Å²) in [5, 5.41) is 16.2. The van der Waals surface area contributed by atoms with Crippen molar-refractivity contribution in [3.63, 3.8) is 0 Å². The van der Waals surface area contributed by atoms with Gasteiger partial charge in [0.1, 0.15) is 5.75 Å². The van der Waals surface area contributed by atoms with Gasteiger partial charge in [-0.15, -0.1) is 11.8 Å². The summed E-state index contributed by atoms with van der Waals surface area (Å²) in [6.07, 6.45) is 1.81. The SMILES string of the molecule is O=C1C(=Cc2ccc(O)cc2)C(CSc2ccc(Cl)cc2)=NN1c1ccccc1. The number of aromatic hydroxyl groups is 1. The predicted octanol–water partition coefficient (Wildman–Crippen LogP) is 5.62. The third-order valence-electron chi connectivity index (χ3n) is 4.35. The summed E-state index contributed by atoms with van der Waals surface area (Å²) >= 11 is 7.55. The van der Waals surface area contributed by atoms with E-state index in [0.717, 1.165) is 16.1 Å². The number of nitrogens with zero attached hydrogens (tertiary/aromatic N) is 2. The standard InChI is InChI=1S/C23H17ClN2O2S/c24-17-8-12-20(13-9-17)29-15-22-21(14-16-6-10-19(27)11-7-16)23(28)26(25-22)18-4-2-1-3-5-18/h1-14,27H,15H2. The summed E-state index contributed by atoms with van der Waals surface area (Å²) in [5.74, 6) is 0.555. The molecule has 144 valence electrons. The highest BCUT2D eigenvalue weighted by Gasteiger charge is 2.31. The highest BCUT2D eigenvalue weighted by atomic mass is 35.5. The number of thioether (sulfide) groups is 1. The van der Waals surface area contributed by atoms with Crippen LogP contribution in [0.25, 0.3) is 6.08 Å². The van der Waals surface area contributed by atoms with Crippen molar-refractivity contribution in [3.05, 3.63) is 95.0 Å². The Kier molecular flexibility index (Phi) is 5.69. The van der Waals surface area contributed by atoms with Crippen LogP contribution in [0.15, 0.2) is 94.4 Å². The van der Waals surface area contributed by atoms with Gasteiger partial charge in [-0.05, 0) is 60.2 Å². The lowest BCUT2D eigenvalue weighted by atomic mass is 10.1. The molecule has 1 aliphatic rings. The van der Waals surface area contributed by atoms with E-state index in [1.54, 1.807) is 36.0 Å². The summed E-state index contributed by atoms with van der Waals surface area (Å²) in [4.78, 5) is 14.2. The Morgan fingerprint density at radius 2 is 1.66 bits per heavy atom. The average Bonchev–Trinajstić information content (AvgIpc) is 3.05. The molecule has 0 saturated carbocycles. The Hall–Kier alpha value is -3.02. The highest BCUT2D eigenvalue weighted by Crippen LogP contribution is 2.29. The summed E-state index contributed by atoms with van der Waals surface area (Å²) in [6.45, 7) is 0. The summed E-state index contributed by atoms with van der Waals surface area (Å²) in [6, 6.07) is 23.7. The summed E-state index contributed by atoms with van der Waals surface area (Å²) in [7, 11) is 0. The van der Waals surface area contributed by atoms with Gasteiger partial charge in [-0.1, -0.05) is 41.9 Å². The zero-order valence-corrected chi connectivity index (χ0v) is 16.9. The van der Waals surface area contributed by atoms with Crippen LogP contribution >= 0.6 is 23.4 Å². The molecule has 0 aromatic heterocycles. The van der Waals surface area contributed by atoms with Gasteiger partial charge in [0.25, 0.3) is 5.91 Å². The number of hydrogen-bond donors (Lipinski definition) is 1. The van der Waals surface area contributed by atoms with E-state index in [1.807, 2.05) is 60.7 Å². The van der Waals surface area contributed by atoms with Crippen molar-refractivity contribution in [1.29, 1.82) is 0 Å². The van der Waals surface area contributed by atoms with Crippen molar-refractivity contribution in [3.8, 4) is 5.75 Å². The number of hydrogen-bond acceptors (Lipinski definition) is 4. The zero-order chi connectivity index (χ0) is 20.2. The van der Waals surface area contributed by atoms with E-state index in [1.165, 1.54) is 5.01 Å². The second-order valence-electron chi connectivity index (χ2n) is 6.39.